The zero-order valence-electron chi connectivity index (χ0n) is 32.6. The highest BCUT2D eigenvalue weighted by Gasteiger charge is 2.22. The molecule has 10 aromatic rings. The minimum atomic E-state index is 0.609. The predicted molar refractivity (Wildman–Crippen MR) is 249 cm³/mol. The van der Waals surface area contributed by atoms with Crippen molar-refractivity contribution >= 4 is 66.4 Å². The first kappa shape index (κ1) is 35.9. The molecule has 0 radical (unpaired) electrons. The van der Waals surface area contributed by atoms with Gasteiger partial charge in [0.2, 0.25) is 0 Å². The second-order valence-electron chi connectivity index (χ2n) is 14.8. The highest BCUT2D eigenvalue weighted by Crippen LogP contribution is 2.48. The fourth-order valence-corrected chi connectivity index (χ4v) is 8.47. The van der Waals surface area contributed by atoms with Crippen LogP contribution in [0.25, 0.3) is 54.6 Å². The van der Waals surface area contributed by atoms with Gasteiger partial charge in [-0.3, -0.25) is 0 Å². The second-order valence-corrected chi connectivity index (χ2v) is 14.8. The van der Waals surface area contributed by atoms with Gasteiger partial charge in [0.1, 0.15) is 0 Å². The van der Waals surface area contributed by atoms with Gasteiger partial charge >= 0.3 is 0 Å². The van der Waals surface area contributed by atoms with Crippen LogP contribution < -0.4 is 9.80 Å². The molecule has 0 fully saturated rings. The minimum Gasteiger partial charge on any atom is -0.310 e. The monoisotopic (exact) mass is 764 g/mol. The van der Waals surface area contributed by atoms with E-state index in [4.69, 9.17) is 0 Å². The third-order valence-electron chi connectivity index (χ3n) is 11.2. The number of nitrogens with zero attached hydrogens (tertiary/aromatic N) is 4. The van der Waals surface area contributed by atoms with Crippen molar-refractivity contribution in [3.8, 4) is 34.4 Å². The van der Waals surface area contributed by atoms with Gasteiger partial charge in [0.05, 0.1) is 23.3 Å². The van der Waals surface area contributed by atoms with Crippen molar-refractivity contribution in [2.45, 2.75) is 0 Å². The fourth-order valence-electron chi connectivity index (χ4n) is 8.47. The van der Waals surface area contributed by atoms with Crippen molar-refractivity contribution in [3.05, 3.63) is 230 Å². The predicted octanol–water partition coefficient (Wildman–Crippen LogP) is 15.2. The van der Waals surface area contributed by atoms with Crippen LogP contribution >= 0.6 is 0 Å². The van der Waals surface area contributed by atoms with Gasteiger partial charge in [-0.2, -0.15) is 10.5 Å². The quantitative estimate of drug-likeness (QED) is 0.145. The van der Waals surface area contributed by atoms with Crippen molar-refractivity contribution in [2.24, 2.45) is 0 Å². The van der Waals surface area contributed by atoms with Crippen LogP contribution in [-0.2, 0) is 0 Å². The summed E-state index contributed by atoms with van der Waals surface area (Å²) < 4.78 is 0. The lowest BCUT2D eigenvalue weighted by Gasteiger charge is -2.28. The lowest BCUT2D eigenvalue weighted by Crippen LogP contribution is -2.10. The molecule has 10 aromatic carbocycles. The number of hydrogen-bond donors (Lipinski definition) is 0. The van der Waals surface area contributed by atoms with Gasteiger partial charge in [-0.05, 0) is 152 Å². The molecule has 10 rings (SSSR count). The maximum Gasteiger partial charge on any atom is 0.0991 e. The van der Waals surface area contributed by atoms with E-state index in [1.807, 2.05) is 42.5 Å². The normalized spacial score (nSPS) is 11.0. The van der Waals surface area contributed by atoms with Gasteiger partial charge in [-0.15, -0.1) is 0 Å². The molecule has 0 spiro atoms. The lowest BCUT2D eigenvalue weighted by molar-refractivity contribution is 1.29. The maximum atomic E-state index is 9.81. The molecule has 0 heterocycles. The number of fused-ring (bicyclic) bond motifs is 3. The number of benzene rings is 10. The Morgan fingerprint density at radius 2 is 0.650 bits per heavy atom. The molecule has 280 valence electrons. The summed E-state index contributed by atoms with van der Waals surface area (Å²) in [6.07, 6.45) is 0. The first-order chi connectivity index (χ1) is 29.7. The summed E-state index contributed by atoms with van der Waals surface area (Å²) in [4.78, 5) is 4.61. The number of rotatable bonds is 8. The summed E-state index contributed by atoms with van der Waals surface area (Å²) in [6, 6.07) is 80.5. The van der Waals surface area contributed by atoms with E-state index in [1.54, 1.807) is 0 Å². The Labute approximate surface area is 349 Å². The second kappa shape index (κ2) is 15.5. The van der Waals surface area contributed by atoms with E-state index in [-0.39, 0.29) is 0 Å². The van der Waals surface area contributed by atoms with E-state index in [0.29, 0.717) is 11.1 Å². The van der Waals surface area contributed by atoms with Crippen molar-refractivity contribution in [2.75, 3.05) is 9.80 Å². The van der Waals surface area contributed by atoms with E-state index in [0.717, 1.165) is 77.9 Å². The minimum absolute atomic E-state index is 0.609. The standard InChI is InChI=1S/C56H36N4/c57-37-39-20-24-42(25-21-39)55-52-33-31-50(60(47-18-8-3-9-19-47)48-29-28-41-12-10-11-13-44(41)34-48)36-54(52)56(43-26-22-40(38-58)23-27-43)51-32-30-49(35-53(51)55)59(45-14-4-1-5-15-45)46-16-6-2-7-17-46/h1-36H. The zero-order valence-corrected chi connectivity index (χ0v) is 32.6. The van der Waals surface area contributed by atoms with E-state index in [2.05, 4.69) is 198 Å². The van der Waals surface area contributed by atoms with Gasteiger partial charge in [-0.25, -0.2) is 0 Å². The molecule has 0 aliphatic rings. The Balaban J connectivity index is 1.30. The Bertz CT molecular complexity index is 3220. The summed E-state index contributed by atoms with van der Waals surface area (Å²) in [6.45, 7) is 0. The Kier molecular flexibility index (Phi) is 9.27. The molecule has 0 N–H and O–H groups in total. The molecule has 4 nitrogen and oxygen atoms in total. The molecule has 0 saturated heterocycles. The molecule has 4 heteroatoms. The topological polar surface area (TPSA) is 54.1 Å². The van der Waals surface area contributed by atoms with E-state index < -0.39 is 0 Å². The summed E-state index contributed by atoms with van der Waals surface area (Å²) in [7, 11) is 0. The first-order valence-electron chi connectivity index (χ1n) is 20.0. The Hall–Kier alpha value is -8.44. The van der Waals surface area contributed by atoms with E-state index in [1.165, 1.54) is 10.8 Å². The molecule has 0 aliphatic heterocycles. The Morgan fingerprint density at radius 3 is 1.08 bits per heavy atom. The molecule has 0 atom stereocenters. The summed E-state index contributed by atoms with van der Waals surface area (Å²) in [5.41, 5.74) is 11.6. The van der Waals surface area contributed by atoms with Crippen LogP contribution in [0, 0.1) is 22.7 Å². The number of anilines is 6. The van der Waals surface area contributed by atoms with Crippen LogP contribution in [0.2, 0.25) is 0 Å². The molecule has 0 saturated carbocycles. The highest BCUT2D eigenvalue weighted by atomic mass is 15.1. The van der Waals surface area contributed by atoms with Crippen LogP contribution in [-0.4, -0.2) is 0 Å². The third kappa shape index (κ3) is 6.55. The average Bonchev–Trinajstić information content (AvgIpc) is 3.32. The van der Waals surface area contributed by atoms with Gasteiger partial charge in [0.15, 0.2) is 0 Å². The van der Waals surface area contributed by atoms with Crippen molar-refractivity contribution in [1.29, 1.82) is 10.5 Å². The zero-order chi connectivity index (χ0) is 40.4. The largest absolute Gasteiger partial charge is 0.310 e. The SMILES string of the molecule is N#Cc1ccc(-c2c3ccc(N(c4ccccc4)c4ccc5ccccc5c4)cc3c(-c3ccc(C#N)cc3)c3ccc(N(c4ccccc4)c4ccccc4)cc23)cc1. The molecule has 0 amide bonds. The number of hydrogen-bond acceptors (Lipinski definition) is 4. The summed E-state index contributed by atoms with van der Waals surface area (Å²) in [5.74, 6) is 0. The molecular formula is C56H36N4. The Morgan fingerprint density at radius 1 is 0.283 bits per heavy atom. The average molecular weight is 765 g/mol. The van der Waals surface area contributed by atoms with E-state index >= 15 is 0 Å². The fraction of sp³-hybridized carbons (Fsp3) is 0. The molecule has 60 heavy (non-hydrogen) atoms. The van der Waals surface area contributed by atoms with Crippen molar-refractivity contribution in [1.82, 2.24) is 0 Å². The number of para-hydroxylation sites is 3. The molecule has 0 aliphatic carbocycles. The molecule has 0 unspecified atom stereocenters. The lowest BCUT2D eigenvalue weighted by atomic mass is 9.85. The summed E-state index contributed by atoms with van der Waals surface area (Å²) in [5, 5.41) is 26.3. The molecular weight excluding hydrogens is 729 g/mol. The van der Waals surface area contributed by atoms with Crippen LogP contribution in [0.3, 0.4) is 0 Å². The van der Waals surface area contributed by atoms with E-state index in [9.17, 15) is 10.5 Å². The number of nitriles is 2. The van der Waals surface area contributed by atoms with Crippen molar-refractivity contribution in [3.63, 3.8) is 0 Å². The van der Waals surface area contributed by atoms with Crippen LogP contribution in [0.1, 0.15) is 11.1 Å². The van der Waals surface area contributed by atoms with Gasteiger partial charge < -0.3 is 9.80 Å². The third-order valence-corrected chi connectivity index (χ3v) is 11.2. The van der Waals surface area contributed by atoms with Gasteiger partial charge in [-0.1, -0.05) is 121 Å². The van der Waals surface area contributed by atoms with Crippen molar-refractivity contribution < 1.29 is 0 Å². The highest BCUT2D eigenvalue weighted by molar-refractivity contribution is 6.22. The smallest absolute Gasteiger partial charge is 0.0991 e. The molecule has 0 bridgehead atoms. The summed E-state index contributed by atoms with van der Waals surface area (Å²) >= 11 is 0. The van der Waals surface area contributed by atoms with Gasteiger partial charge in [0.25, 0.3) is 0 Å². The van der Waals surface area contributed by atoms with Crippen LogP contribution in [0.5, 0.6) is 0 Å². The van der Waals surface area contributed by atoms with Gasteiger partial charge in [0, 0.05) is 34.1 Å². The molecule has 0 aromatic heterocycles. The van der Waals surface area contributed by atoms with Crippen LogP contribution in [0.15, 0.2) is 218 Å². The van der Waals surface area contributed by atoms with Crippen LogP contribution in [0.4, 0.5) is 34.1 Å². The maximum absolute atomic E-state index is 9.81. The first-order valence-corrected chi connectivity index (χ1v) is 20.0.